The van der Waals surface area contributed by atoms with Gasteiger partial charge in [0.15, 0.2) is 0 Å². The fraction of sp³-hybridized carbons (Fsp3) is 0.0741. The quantitative estimate of drug-likeness (QED) is 0.170. The average Bonchev–Trinajstić information content (AvgIpc) is 3.76. The topological polar surface area (TPSA) is 32.8 Å². The van der Waals surface area contributed by atoms with Crippen LogP contribution in [0.3, 0.4) is 0 Å². The van der Waals surface area contributed by atoms with Crippen LogP contribution in [0, 0.1) is 27.7 Å². The van der Waals surface area contributed by atoms with E-state index < -0.39 is 0 Å². The zero-order valence-electron chi connectivity index (χ0n) is 32.9. The van der Waals surface area contributed by atoms with Gasteiger partial charge in [-0.2, -0.15) is 0 Å². The molecule has 0 aliphatic heterocycles. The standard InChI is InChI=1S/C54H40N2O2/c1-33-5-15-41(16-6-33)55(42-17-7-34(2)8-18-42)45-23-13-37-27-47-49-31-50-48-28-38-14-24-46(56(43-19-9-35(3)10-20-43)44-21-11-36(4)12-22-44)26-40(38)30-52(48)58-54(50)32-53(49)57-51(47)29-39(37)25-45/h5-32H,1-4H3. The van der Waals surface area contributed by atoms with Gasteiger partial charge in [0.05, 0.1) is 0 Å². The van der Waals surface area contributed by atoms with Gasteiger partial charge < -0.3 is 18.6 Å². The van der Waals surface area contributed by atoms with Crippen LogP contribution in [0.25, 0.3) is 65.4 Å². The number of rotatable bonds is 6. The average molecular weight is 749 g/mol. The highest BCUT2D eigenvalue weighted by Crippen LogP contribution is 2.42. The van der Waals surface area contributed by atoms with Gasteiger partial charge in [-0.15, -0.1) is 0 Å². The van der Waals surface area contributed by atoms with Crippen molar-refractivity contribution < 1.29 is 8.83 Å². The normalized spacial score (nSPS) is 11.8. The minimum absolute atomic E-state index is 0.816. The summed E-state index contributed by atoms with van der Waals surface area (Å²) in [7, 11) is 0. The molecular weight excluding hydrogens is 709 g/mol. The van der Waals surface area contributed by atoms with Crippen molar-refractivity contribution in [2.24, 2.45) is 0 Å². The molecule has 11 rings (SSSR count). The van der Waals surface area contributed by atoms with E-state index in [4.69, 9.17) is 8.83 Å². The highest BCUT2D eigenvalue weighted by molar-refractivity contribution is 6.18. The molecule has 2 heterocycles. The number of anilines is 6. The molecule has 11 aromatic rings. The van der Waals surface area contributed by atoms with Gasteiger partial charge in [0.2, 0.25) is 0 Å². The lowest BCUT2D eigenvalue weighted by atomic mass is 10.0. The Morgan fingerprint density at radius 3 is 0.897 bits per heavy atom. The first-order chi connectivity index (χ1) is 28.3. The molecule has 0 atom stereocenters. The van der Waals surface area contributed by atoms with Crippen molar-refractivity contribution in [3.05, 3.63) is 192 Å². The van der Waals surface area contributed by atoms with E-state index in [-0.39, 0.29) is 0 Å². The van der Waals surface area contributed by atoms with Gasteiger partial charge in [0, 0.05) is 61.7 Å². The van der Waals surface area contributed by atoms with Crippen LogP contribution < -0.4 is 9.80 Å². The van der Waals surface area contributed by atoms with Crippen molar-refractivity contribution in [2.45, 2.75) is 27.7 Å². The van der Waals surface area contributed by atoms with E-state index in [1.54, 1.807) is 0 Å². The number of aryl methyl sites for hydroxylation is 4. The summed E-state index contributed by atoms with van der Waals surface area (Å²) < 4.78 is 13.2. The Hall–Kier alpha value is -7.30. The Labute approximate surface area is 336 Å². The highest BCUT2D eigenvalue weighted by atomic mass is 16.3. The second kappa shape index (κ2) is 13.1. The first-order valence-electron chi connectivity index (χ1n) is 19.9. The van der Waals surface area contributed by atoms with Gasteiger partial charge >= 0.3 is 0 Å². The molecule has 0 aliphatic rings. The second-order valence-electron chi connectivity index (χ2n) is 15.8. The molecule has 278 valence electrons. The molecule has 0 unspecified atom stereocenters. The highest BCUT2D eigenvalue weighted by Gasteiger charge is 2.18. The van der Waals surface area contributed by atoms with Crippen LogP contribution in [0.4, 0.5) is 34.1 Å². The lowest BCUT2D eigenvalue weighted by Gasteiger charge is -2.26. The van der Waals surface area contributed by atoms with E-state index >= 15 is 0 Å². The molecule has 0 bridgehead atoms. The maximum Gasteiger partial charge on any atom is 0.139 e. The van der Waals surface area contributed by atoms with Crippen molar-refractivity contribution in [3.8, 4) is 0 Å². The predicted octanol–water partition coefficient (Wildman–Crippen LogP) is 16.0. The number of nitrogens with zero attached hydrogens (tertiary/aromatic N) is 2. The van der Waals surface area contributed by atoms with E-state index in [9.17, 15) is 0 Å². The molecular formula is C54H40N2O2. The monoisotopic (exact) mass is 748 g/mol. The van der Waals surface area contributed by atoms with Crippen molar-refractivity contribution >= 4 is 99.5 Å². The van der Waals surface area contributed by atoms with Crippen molar-refractivity contribution in [2.75, 3.05) is 9.80 Å². The molecule has 9 aromatic carbocycles. The van der Waals surface area contributed by atoms with E-state index in [0.29, 0.717) is 0 Å². The maximum atomic E-state index is 6.60. The van der Waals surface area contributed by atoms with Crippen LogP contribution in [-0.4, -0.2) is 0 Å². The van der Waals surface area contributed by atoms with Crippen molar-refractivity contribution in [1.29, 1.82) is 0 Å². The molecule has 0 aliphatic carbocycles. The third kappa shape index (κ3) is 5.76. The van der Waals surface area contributed by atoms with Gasteiger partial charge in [-0.25, -0.2) is 0 Å². The second-order valence-corrected chi connectivity index (χ2v) is 15.8. The minimum Gasteiger partial charge on any atom is -0.456 e. The van der Waals surface area contributed by atoms with Crippen LogP contribution in [0.15, 0.2) is 179 Å². The SMILES string of the molecule is Cc1ccc(N(c2ccc(C)cc2)c2ccc3cc4c(cc3c2)oc2cc3oc5cc6cc(N(c7ccc(C)cc7)c7ccc(C)cc7)ccc6cc5c3cc24)cc1. The van der Waals surface area contributed by atoms with Crippen LogP contribution in [0.1, 0.15) is 22.3 Å². The summed E-state index contributed by atoms with van der Waals surface area (Å²) in [6.45, 7) is 8.50. The molecule has 0 N–H and O–H groups in total. The molecule has 2 aromatic heterocycles. The summed E-state index contributed by atoms with van der Waals surface area (Å²) in [5, 5.41) is 8.93. The summed E-state index contributed by atoms with van der Waals surface area (Å²) in [4.78, 5) is 4.63. The molecule has 0 saturated heterocycles. The Morgan fingerprint density at radius 1 is 0.259 bits per heavy atom. The van der Waals surface area contributed by atoms with Crippen LogP contribution in [0.2, 0.25) is 0 Å². The molecule has 4 heteroatoms. The maximum absolute atomic E-state index is 6.60. The van der Waals surface area contributed by atoms with Crippen LogP contribution in [-0.2, 0) is 0 Å². The zero-order chi connectivity index (χ0) is 39.1. The molecule has 0 fully saturated rings. The molecule has 4 nitrogen and oxygen atoms in total. The molecule has 0 saturated carbocycles. The van der Waals surface area contributed by atoms with Crippen LogP contribution >= 0.6 is 0 Å². The Bertz CT molecular complexity index is 3040. The smallest absolute Gasteiger partial charge is 0.139 e. The number of fused-ring (bicyclic) bond motifs is 8. The number of furan rings is 2. The van der Waals surface area contributed by atoms with Gasteiger partial charge in [0.1, 0.15) is 22.3 Å². The first-order valence-corrected chi connectivity index (χ1v) is 19.9. The zero-order valence-corrected chi connectivity index (χ0v) is 32.9. The number of hydrogen-bond acceptors (Lipinski definition) is 4. The lowest BCUT2D eigenvalue weighted by molar-refractivity contribution is 0.656. The van der Waals surface area contributed by atoms with Gasteiger partial charge in [-0.1, -0.05) is 82.9 Å². The summed E-state index contributed by atoms with van der Waals surface area (Å²) in [5.74, 6) is 0. The van der Waals surface area contributed by atoms with Crippen molar-refractivity contribution in [1.82, 2.24) is 0 Å². The predicted molar refractivity (Wildman–Crippen MR) is 244 cm³/mol. The Balaban J connectivity index is 0.999. The fourth-order valence-electron chi connectivity index (χ4n) is 8.45. The van der Waals surface area contributed by atoms with Gasteiger partial charge in [0.25, 0.3) is 0 Å². The lowest BCUT2D eigenvalue weighted by Crippen LogP contribution is -2.09. The van der Waals surface area contributed by atoms with Gasteiger partial charge in [-0.3, -0.25) is 0 Å². The van der Waals surface area contributed by atoms with E-state index in [1.165, 1.54) is 22.3 Å². The molecule has 0 radical (unpaired) electrons. The minimum atomic E-state index is 0.816. The Kier molecular flexibility index (Phi) is 7.70. The third-order valence-electron chi connectivity index (χ3n) is 11.6. The van der Waals surface area contributed by atoms with Crippen molar-refractivity contribution in [3.63, 3.8) is 0 Å². The molecule has 58 heavy (non-hydrogen) atoms. The summed E-state index contributed by atoms with van der Waals surface area (Å²) in [6.07, 6.45) is 0. The van der Waals surface area contributed by atoms with E-state index in [1.807, 2.05) is 0 Å². The van der Waals surface area contributed by atoms with E-state index in [0.717, 1.165) is 99.5 Å². The van der Waals surface area contributed by atoms with Crippen LogP contribution in [0.5, 0.6) is 0 Å². The number of hydrogen-bond donors (Lipinski definition) is 0. The largest absolute Gasteiger partial charge is 0.456 e. The van der Waals surface area contributed by atoms with Gasteiger partial charge in [-0.05, 0) is 152 Å². The Morgan fingerprint density at radius 2 is 0.552 bits per heavy atom. The fourth-order valence-corrected chi connectivity index (χ4v) is 8.45. The summed E-state index contributed by atoms with van der Waals surface area (Å²) in [6, 6.07) is 61.5. The molecule has 0 spiro atoms. The first kappa shape index (κ1) is 34.0. The summed E-state index contributed by atoms with van der Waals surface area (Å²) >= 11 is 0. The summed E-state index contributed by atoms with van der Waals surface area (Å²) in [5.41, 5.74) is 15.0. The third-order valence-corrected chi connectivity index (χ3v) is 11.6. The number of benzene rings is 9. The molecule has 0 amide bonds. The van der Waals surface area contributed by atoms with E-state index in [2.05, 4.69) is 207 Å².